The SMILES string of the molecule is Cc1cc(Cl)ccc1N(CC(=O)N(Cc1ccccc1F)[C@H](C)C(=O)NC1CCCCC1)S(C)(=O)=O. The van der Waals surface area contributed by atoms with Gasteiger partial charge in [0.05, 0.1) is 11.9 Å². The minimum atomic E-state index is -3.86. The summed E-state index contributed by atoms with van der Waals surface area (Å²) in [7, 11) is -3.86. The van der Waals surface area contributed by atoms with Crippen LogP contribution in [0.1, 0.15) is 50.2 Å². The van der Waals surface area contributed by atoms with E-state index in [9.17, 15) is 22.4 Å². The molecule has 1 fully saturated rings. The molecule has 10 heteroatoms. The molecule has 1 atom stereocenters. The first-order chi connectivity index (χ1) is 17.0. The van der Waals surface area contributed by atoms with Crippen LogP contribution in [0, 0.1) is 12.7 Å². The van der Waals surface area contributed by atoms with E-state index in [0.29, 0.717) is 16.3 Å². The number of anilines is 1. The highest BCUT2D eigenvalue weighted by molar-refractivity contribution is 7.92. The summed E-state index contributed by atoms with van der Waals surface area (Å²) in [4.78, 5) is 28.0. The molecule has 0 radical (unpaired) electrons. The summed E-state index contributed by atoms with van der Waals surface area (Å²) in [5, 5.41) is 3.45. The quantitative estimate of drug-likeness (QED) is 0.513. The van der Waals surface area contributed by atoms with Crippen LogP contribution in [0.3, 0.4) is 0 Å². The maximum absolute atomic E-state index is 14.5. The summed E-state index contributed by atoms with van der Waals surface area (Å²) >= 11 is 6.03. The van der Waals surface area contributed by atoms with E-state index in [4.69, 9.17) is 11.6 Å². The molecule has 1 aliphatic rings. The van der Waals surface area contributed by atoms with Crippen molar-refractivity contribution in [2.45, 2.75) is 64.6 Å². The van der Waals surface area contributed by atoms with Gasteiger partial charge in [0.15, 0.2) is 0 Å². The van der Waals surface area contributed by atoms with E-state index in [1.807, 2.05) is 0 Å². The Morgan fingerprint density at radius 3 is 2.42 bits per heavy atom. The summed E-state index contributed by atoms with van der Waals surface area (Å²) in [6, 6.07) is 9.79. The normalized spacial score (nSPS) is 15.2. The number of carbonyl (C=O) groups excluding carboxylic acids is 2. The number of nitrogens with zero attached hydrogens (tertiary/aromatic N) is 2. The van der Waals surface area contributed by atoms with Crippen LogP contribution in [0.5, 0.6) is 0 Å². The Bertz CT molecular complexity index is 1200. The average Bonchev–Trinajstić information content (AvgIpc) is 2.82. The third-order valence-electron chi connectivity index (χ3n) is 6.52. The second-order valence-corrected chi connectivity index (χ2v) is 11.7. The number of amides is 2. The molecule has 2 amide bonds. The molecule has 2 aromatic carbocycles. The number of sulfonamides is 1. The Hall–Kier alpha value is -2.65. The molecule has 1 N–H and O–H groups in total. The van der Waals surface area contributed by atoms with Gasteiger partial charge in [-0.25, -0.2) is 12.8 Å². The third-order valence-corrected chi connectivity index (χ3v) is 7.89. The molecule has 0 bridgehead atoms. The maximum atomic E-state index is 14.5. The van der Waals surface area contributed by atoms with Crippen molar-refractivity contribution in [2.24, 2.45) is 0 Å². The second-order valence-electron chi connectivity index (χ2n) is 9.33. The summed E-state index contributed by atoms with van der Waals surface area (Å²) in [6.45, 7) is 2.55. The monoisotopic (exact) mass is 537 g/mol. The van der Waals surface area contributed by atoms with E-state index >= 15 is 0 Å². The second kappa shape index (κ2) is 12.1. The van der Waals surface area contributed by atoms with Crippen molar-refractivity contribution < 1.29 is 22.4 Å². The van der Waals surface area contributed by atoms with E-state index in [2.05, 4.69) is 5.32 Å². The van der Waals surface area contributed by atoms with E-state index in [-0.39, 0.29) is 24.1 Å². The molecule has 36 heavy (non-hydrogen) atoms. The van der Waals surface area contributed by atoms with Gasteiger partial charge >= 0.3 is 0 Å². The van der Waals surface area contributed by atoms with Crippen molar-refractivity contribution in [1.29, 1.82) is 0 Å². The minimum Gasteiger partial charge on any atom is -0.352 e. The van der Waals surface area contributed by atoms with Crippen molar-refractivity contribution in [3.63, 3.8) is 0 Å². The van der Waals surface area contributed by atoms with Gasteiger partial charge < -0.3 is 10.2 Å². The van der Waals surface area contributed by atoms with Crippen LogP contribution in [0.25, 0.3) is 0 Å². The van der Waals surface area contributed by atoms with Crippen LogP contribution in [0.4, 0.5) is 10.1 Å². The first-order valence-corrected chi connectivity index (χ1v) is 14.3. The smallest absolute Gasteiger partial charge is 0.244 e. The van der Waals surface area contributed by atoms with Crippen molar-refractivity contribution in [3.05, 3.63) is 64.4 Å². The molecular formula is C26H33ClFN3O4S. The Morgan fingerprint density at radius 2 is 1.81 bits per heavy atom. The number of benzene rings is 2. The lowest BCUT2D eigenvalue weighted by Crippen LogP contribution is -2.53. The van der Waals surface area contributed by atoms with Gasteiger partial charge in [0.2, 0.25) is 21.8 Å². The number of hydrogen-bond acceptors (Lipinski definition) is 4. The number of halogens is 2. The number of hydrogen-bond donors (Lipinski definition) is 1. The topological polar surface area (TPSA) is 86.8 Å². The zero-order chi connectivity index (χ0) is 26.5. The highest BCUT2D eigenvalue weighted by atomic mass is 35.5. The van der Waals surface area contributed by atoms with Gasteiger partial charge in [-0.1, -0.05) is 49.1 Å². The fraction of sp³-hybridized carbons (Fsp3) is 0.462. The number of nitrogens with one attached hydrogen (secondary N) is 1. The summed E-state index contributed by atoms with van der Waals surface area (Å²) in [5.74, 6) is -1.48. The standard InChI is InChI=1S/C26H33ClFN3O4S/c1-18-15-21(27)13-14-24(18)31(36(3,34)35)17-25(32)30(16-20-9-7-8-12-23(20)28)19(2)26(33)29-22-10-5-4-6-11-22/h7-9,12-15,19,22H,4-6,10-11,16-17H2,1-3H3,(H,29,33)/t19-/m1/s1. The van der Waals surface area contributed by atoms with Crippen LogP contribution in [0.15, 0.2) is 42.5 Å². The lowest BCUT2D eigenvalue weighted by atomic mass is 9.95. The van der Waals surface area contributed by atoms with Crippen LogP contribution in [0.2, 0.25) is 5.02 Å². The summed E-state index contributed by atoms with van der Waals surface area (Å²) in [5.41, 5.74) is 1.11. The largest absolute Gasteiger partial charge is 0.352 e. The van der Waals surface area contributed by atoms with Crippen LogP contribution < -0.4 is 9.62 Å². The first kappa shape index (κ1) is 27.9. The van der Waals surface area contributed by atoms with Crippen LogP contribution >= 0.6 is 11.6 Å². The van der Waals surface area contributed by atoms with E-state index < -0.39 is 34.3 Å². The van der Waals surface area contributed by atoms with Gasteiger partial charge in [0.1, 0.15) is 18.4 Å². The Labute approximate surface area is 217 Å². The molecule has 3 rings (SSSR count). The van der Waals surface area contributed by atoms with Gasteiger partial charge in [-0.2, -0.15) is 0 Å². The van der Waals surface area contributed by atoms with Crippen LogP contribution in [-0.2, 0) is 26.2 Å². The molecule has 0 aromatic heterocycles. The van der Waals surface area contributed by atoms with Crippen LogP contribution in [-0.4, -0.2) is 50.0 Å². The van der Waals surface area contributed by atoms with E-state index in [1.165, 1.54) is 17.0 Å². The zero-order valence-corrected chi connectivity index (χ0v) is 22.4. The lowest BCUT2D eigenvalue weighted by molar-refractivity contribution is -0.139. The Morgan fingerprint density at radius 1 is 1.14 bits per heavy atom. The highest BCUT2D eigenvalue weighted by Gasteiger charge is 2.32. The Balaban J connectivity index is 1.90. The molecule has 0 spiro atoms. The molecule has 0 unspecified atom stereocenters. The Kier molecular flexibility index (Phi) is 9.35. The fourth-order valence-corrected chi connectivity index (χ4v) is 5.59. The molecule has 0 heterocycles. The van der Waals surface area contributed by atoms with Crippen molar-refractivity contribution in [1.82, 2.24) is 10.2 Å². The minimum absolute atomic E-state index is 0.0309. The number of rotatable bonds is 9. The predicted octanol–water partition coefficient (Wildman–Crippen LogP) is 4.42. The number of aryl methyl sites for hydroxylation is 1. The molecule has 0 saturated heterocycles. The molecule has 2 aromatic rings. The molecule has 7 nitrogen and oxygen atoms in total. The fourth-order valence-electron chi connectivity index (χ4n) is 4.45. The first-order valence-electron chi connectivity index (χ1n) is 12.0. The zero-order valence-electron chi connectivity index (χ0n) is 20.8. The van der Waals surface area contributed by atoms with Gasteiger partial charge in [-0.3, -0.25) is 13.9 Å². The van der Waals surface area contributed by atoms with Crippen molar-refractivity contribution in [2.75, 3.05) is 17.1 Å². The highest BCUT2D eigenvalue weighted by Crippen LogP contribution is 2.26. The molecule has 1 saturated carbocycles. The van der Waals surface area contributed by atoms with Gasteiger partial charge in [0.25, 0.3) is 0 Å². The summed E-state index contributed by atoms with van der Waals surface area (Å²) in [6.07, 6.45) is 5.94. The van der Waals surface area contributed by atoms with Gasteiger partial charge in [-0.15, -0.1) is 0 Å². The number of carbonyl (C=O) groups is 2. The lowest BCUT2D eigenvalue weighted by Gasteiger charge is -2.33. The third kappa shape index (κ3) is 7.20. The summed E-state index contributed by atoms with van der Waals surface area (Å²) < 4.78 is 40.9. The van der Waals surface area contributed by atoms with Crippen molar-refractivity contribution >= 4 is 39.1 Å². The van der Waals surface area contributed by atoms with E-state index in [0.717, 1.165) is 42.7 Å². The predicted molar refractivity (Wildman–Crippen MR) is 140 cm³/mol. The molecule has 1 aliphatic carbocycles. The van der Waals surface area contributed by atoms with Gasteiger partial charge in [-0.05, 0) is 56.5 Å². The average molecular weight is 538 g/mol. The molecule has 196 valence electrons. The van der Waals surface area contributed by atoms with E-state index in [1.54, 1.807) is 44.2 Å². The van der Waals surface area contributed by atoms with Crippen molar-refractivity contribution in [3.8, 4) is 0 Å². The maximum Gasteiger partial charge on any atom is 0.244 e. The molecular weight excluding hydrogens is 505 g/mol. The molecule has 0 aliphatic heterocycles. The van der Waals surface area contributed by atoms with Gasteiger partial charge in [0, 0.05) is 23.2 Å².